The summed E-state index contributed by atoms with van der Waals surface area (Å²) in [6.07, 6.45) is 2.69. The van der Waals surface area contributed by atoms with Crippen LogP contribution in [0.4, 0.5) is 0 Å². The summed E-state index contributed by atoms with van der Waals surface area (Å²) in [4.78, 5) is 14.9. The van der Waals surface area contributed by atoms with Crippen molar-refractivity contribution in [1.82, 2.24) is 20.4 Å². The quantitative estimate of drug-likeness (QED) is 0.855. The SMILES string of the molecule is CC(C)CNC(=O)c1n[nH]c2c1COCC21CCN(Cc2ccco2)C1. The van der Waals surface area contributed by atoms with Gasteiger partial charge in [-0.25, -0.2) is 0 Å². The second-order valence-corrected chi connectivity index (χ2v) is 7.84. The van der Waals surface area contributed by atoms with Gasteiger partial charge >= 0.3 is 0 Å². The Hall–Kier alpha value is -2.12. The lowest BCUT2D eigenvalue weighted by Crippen LogP contribution is -2.40. The number of hydrogen-bond acceptors (Lipinski definition) is 5. The highest BCUT2D eigenvalue weighted by Gasteiger charge is 2.46. The van der Waals surface area contributed by atoms with Gasteiger partial charge in [0.25, 0.3) is 5.91 Å². The van der Waals surface area contributed by atoms with E-state index in [2.05, 4.69) is 34.3 Å². The van der Waals surface area contributed by atoms with Gasteiger partial charge in [0.1, 0.15) is 5.76 Å². The van der Waals surface area contributed by atoms with Crippen molar-refractivity contribution in [3.8, 4) is 0 Å². The molecule has 2 aliphatic heterocycles. The van der Waals surface area contributed by atoms with Gasteiger partial charge in [-0.05, 0) is 31.0 Å². The van der Waals surface area contributed by atoms with Crippen LogP contribution in [0.15, 0.2) is 22.8 Å². The molecule has 140 valence electrons. The minimum absolute atomic E-state index is 0.121. The zero-order chi connectivity index (χ0) is 18.1. The molecular weight excluding hydrogens is 332 g/mol. The largest absolute Gasteiger partial charge is 0.468 e. The van der Waals surface area contributed by atoms with Crippen LogP contribution in [0.2, 0.25) is 0 Å². The second kappa shape index (κ2) is 6.89. The van der Waals surface area contributed by atoms with E-state index >= 15 is 0 Å². The first kappa shape index (κ1) is 17.3. The fourth-order valence-corrected chi connectivity index (χ4v) is 3.97. The number of carbonyl (C=O) groups is 1. The number of likely N-dealkylation sites (tertiary alicyclic amines) is 1. The lowest BCUT2D eigenvalue weighted by molar-refractivity contribution is 0.0506. The van der Waals surface area contributed by atoms with Crippen LogP contribution < -0.4 is 5.32 Å². The van der Waals surface area contributed by atoms with E-state index in [0.717, 1.165) is 43.1 Å². The van der Waals surface area contributed by atoms with Gasteiger partial charge in [-0.3, -0.25) is 14.8 Å². The van der Waals surface area contributed by atoms with Gasteiger partial charge in [-0.15, -0.1) is 0 Å². The number of fused-ring (bicyclic) bond motifs is 2. The van der Waals surface area contributed by atoms with Gasteiger partial charge < -0.3 is 14.5 Å². The molecule has 7 heteroatoms. The number of carbonyl (C=O) groups excluding carboxylic acids is 1. The maximum Gasteiger partial charge on any atom is 0.272 e. The van der Waals surface area contributed by atoms with E-state index in [-0.39, 0.29) is 11.3 Å². The van der Waals surface area contributed by atoms with Crippen LogP contribution in [0.25, 0.3) is 0 Å². The molecule has 26 heavy (non-hydrogen) atoms. The van der Waals surface area contributed by atoms with E-state index in [1.165, 1.54) is 0 Å². The smallest absolute Gasteiger partial charge is 0.272 e. The number of H-pyrrole nitrogens is 1. The van der Waals surface area contributed by atoms with Gasteiger partial charge in [0.15, 0.2) is 5.69 Å². The van der Waals surface area contributed by atoms with Crippen molar-refractivity contribution in [3.63, 3.8) is 0 Å². The number of rotatable bonds is 5. The summed E-state index contributed by atoms with van der Waals surface area (Å²) in [7, 11) is 0. The third-order valence-corrected chi connectivity index (χ3v) is 5.30. The molecule has 2 aromatic rings. The first-order valence-electron chi connectivity index (χ1n) is 9.26. The number of hydrogen-bond donors (Lipinski definition) is 2. The minimum Gasteiger partial charge on any atom is -0.468 e. The Morgan fingerprint density at radius 1 is 1.50 bits per heavy atom. The average molecular weight is 358 g/mol. The van der Waals surface area contributed by atoms with Crippen LogP contribution in [0.3, 0.4) is 0 Å². The second-order valence-electron chi connectivity index (χ2n) is 7.84. The molecule has 0 saturated carbocycles. The Morgan fingerprint density at radius 2 is 2.38 bits per heavy atom. The molecule has 1 spiro atoms. The summed E-state index contributed by atoms with van der Waals surface area (Å²) in [6.45, 7) is 8.52. The normalized spacial score (nSPS) is 22.9. The maximum absolute atomic E-state index is 12.5. The Morgan fingerprint density at radius 3 is 3.15 bits per heavy atom. The molecule has 2 aromatic heterocycles. The van der Waals surface area contributed by atoms with Crippen LogP contribution >= 0.6 is 0 Å². The third-order valence-electron chi connectivity index (χ3n) is 5.30. The molecule has 1 fully saturated rings. The summed E-state index contributed by atoms with van der Waals surface area (Å²) < 4.78 is 11.4. The fourth-order valence-electron chi connectivity index (χ4n) is 3.97. The number of amides is 1. The number of nitrogens with zero attached hydrogens (tertiary/aromatic N) is 2. The van der Waals surface area contributed by atoms with E-state index in [4.69, 9.17) is 9.15 Å². The molecule has 2 N–H and O–H groups in total. The van der Waals surface area contributed by atoms with Crippen LogP contribution in [0, 0.1) is 5.92 Å². The molecule has 0 radical (unpaired) electrons. The van der Waals surface area contributed by atoms with Gasteiger partial charge in [0.05, 0.1) is 31.7 Å². The lowest BCUT2D eigenvalue weighted by atomic mass is 9.80. The number of nitrogens with one attached hydrogen (secondary N) is 2. The van der Waals surface area contributed by atoms with E-state index in [1.54, 1.807) is 6.26 Å². The molecule has 2 aliphatic rings. The summed E-state index contributed by atoms with van der Waals surface area (Å²) >= 11 is 0. The Kier molecular flexibility index (Phi) is 4.58. The van der Waals surface area contributed by atoms with Crippen LogP contribution in [-0.4, -0.2) is 47.2 Å². The monoisotopic (exact) mass is 358 g/mol. The molecule has 1 saturated heterocycles. The Bertz CT molecular complexity index is 768. The predicted molar refractivity (Wildman–Crippen MR) is 95.7 cm³/mol. The topological polar surface area (TPSA) is 83.4 Å². The fraction of sp³-hybridized carbons (Fsp3) is 0.579. The van der Waals surface area contributed by atoms with E-state index < -0.39 is 0 Å². The maximum atomic E-state index is 12.5. The molecular formula is C19H26N4O3. The summed E-state index contributed by atoms with van der Waals surface area (Å²) in [6, 6.07) is 3.92. The van der Waals surface area contributed by atoms with E-state index in [1.807, 2.05) is 12.1 Å². The van der Waals surface area contributed by atoms with Crippen molar-refractivity contribution in [2.24, 2.45) is 5.92 Å². The standard InChI is InChI=1S/C19H26N4O3/c1-13(2)8-20-18(24)16-15-10-25-12-19(17(15)22-21-16)5-6-23(11-19)9-14-4-3-7-26-14/h3-4,7,13H,5-6,8-12H2,1-2H3,(H,20,24)(H,21,22). The summed E-state index contributed by atoms with van der Waals surface area (Å²) in [5, 5.41) is 10.5. The molecule has 0 bridgehead atoms. The molecule has 1 amide bonds. The highest BCUT2D eigenvalue weighted by Crippen LogP contribution is 2.40. The molecule has 4 heterocycles. The molecule has 4 rings (SSSR count). The zero-order valence-electron chi connectivity index (χ0n) is 15.4. The average Bonchev–Trinajstić information content (AvgIpc) is 3.34. The van der Waals surface area contributed by atoms with E-state index in [9.17, 15) is 4.79 Å². The lowest BCUT2D eigenvalue weighted by Gasteiger charge is -2.33. The molecule has 1 unspecified atom stereocenters. The first-order valence-corrected chi connectivity index (χ1v) is 9.26. The number of aromatic amines is 1. The van der Waals surface area contributed by atoms with Crippen molar-refractivity contribution < 1.29 is 13.9 Å². The highest BCUT2D eigenvalue weighted by molar-refractivity contribution is 5.94. The number of ether oxygens (including phenoxy) is 1. The highest BCUT2D eigenvalue weighted by atomic mass is 16.5. The number of furan rings is 1. The van der Waals surface area contributed by atoms with Gasteiger partial charge in [-0.1, -0.05) is 13.8 Å². The van der Waals surface area contributed by atoms with Crippen LogP contribution in [0.5, 0.6) is 0 Å². The molecule has 0 aliphatic carbocycles. The van der Waals surface area contributed by atoms with Gasteiger partial charge in [0.2, 0.25) is 0 Å². The first-order chi connectivity index (χ1) is 12.6. The predicted octanol–water partition coefficient (Wildman–Crippen LogP) is 2.06. The van der Waals surface area contributed by atoms with Crippen molar-refractivity contribution in [1.29, 1.82) is 0 Å². The van der Waals surface area contributed by atoms with Gasteiger partial charge in [-0.2, -0.15) is 5.10 Å². The number of aromatic nitrogens is 2. The van der Waals surface area contributed by atoms with E-state index in [0.29, 0.717) is 31.4 Å². The Balaban J connectivity index is 1.52. The summed E-state index contributed by atoms with van der Waals surface area (Å²) in [5.41, 5.74) is 2.34. The minimum atomic E-state index is -0.123. The van der Waals surface area contributed by atoms with Crippen LogP contribution in [-0.2, 0) is 23.3 Å². The Labute approximate surface area is 153 Å². The zero-order valence-corrected chi connectivity index (χ0v) is 15.4. The van der Waals surface area contributed by atoms with Crippen LogP contribution in [0.1, 0.15) is 47.8 Å². The van der Waals surface area contributed by atoms with Crippen molar-refractivity contribution in [2.75, 3.05) is 26.2 Å². The molecule has 7 nitrogen and oxygen atoms in total. The third kappa shape index (κ3) is 3.17. The molecule has 1 atom stereocenters. The summed E-state index contributed by atoms with van der Waals surface area (Å²) in [5.74, 6) is 1.25. The van der Waals surface area contributed by atoms with Crippen molar-refractivity contribution in [2.45, 2.75) is 38.8 Å². The molecule has 0 aromatic carbocycles. The van der Waals surface area contributed by atoms with Gasteiger partial charge in [0, 0.05) is 24.1 Å². The van der Waals surface area contributed by atoms with Crippen molar-refractivity contribution >= 4 is 5.91 Å². The van der Waals surface area contributed by atoms with Crippen molar-refractivity contribution in [3.05, 3.63) is 41.1 Å².